The van der Waals surface area contributed by atoms with Crippen molar-refractivity contribution in [2.75, 3.05) is 11.4 Å². The topological polar surface area (TPSA) is 29.0 Å². The molecule has 1 fully saturated rings. The van der Waals surface area contributed by atoms with Crippen LogP contribution in [0.25, 0.3) is 0 Å². The maximum absolute atomic E-state index is 6.11. The Bertz CT molecular complexity index is 661. The van der Waals surface area contributed by atoms with E-state index in [4.69, 9.17) is 11.6 Å². The summed E-state index contributed by atoms with van der Waals surface area (Å²) in [4.78, 5) is 11.1. The molecule has 0 saturated carbocycles. The van der Waals surface area contributed by atoms with Gasteiger partial charge in [-0.2, -0.15) is 0 Å². The van der Waals surface area contributed by atoms with E-state index in [0.29, 0.717) is 15.8 Å². The van der Waals surface area contributed by atoms with Gasteiger partial charge in [-0.1, -0.05) is 41.4 Å². The van der Waals surface area contributed by atoms with Gasteiger partial charge in [0.25, 0.3) is 0 Å². The minimum absolute atomic E-state index is 0.327. The molecule has 110 valence electrons. The lowest BCUT2D eigenvalue weighted by Crippen LogP contribution is -2.24. The van der Waals surface area contributed by atoms with E-state index in [9.17, 15) is 0 Å². The van der Waals surface area contributed by atoms with Gasteiger partial charge in [-0.3, -0.25) is 0 Å². The normalized spacial score (nSPS) is 18.3. The number of hydrogen-bond donors (Lipinski definition) is 0. The Balaban J connectivity index is 1.97. The molecule has 1 unspecified atom stereocenters. The largest absolute Gasteiger partial charge is 0.347 e. The number of benzene rings is 1. The van der Waals surface area contributed by atoms with E-state index in [1.807, 2.05) is 0 Å². The van der Waals surface area contributed by atoms with Gasteiger partial charge >= 0.3 is 0 Å². The van der Waals surface area contributed by atoms with E-state index in [2.05, 4.69) is 77.9 Å². The molecule has 0 aliphatic carbocycles. The van der Waals surface area contributed by atoms with Crippen molar-refractivity contribution in [2.24, 2.45) is 0 Å². The average molecular weight is 432 g/mol. The molecule has 0 bridgehead atoms. The van der Waals surface area contributed by atoms with E-state index >= 15 is 0 Å². The highest BCUT2D eigenvalue weighted by Gasteiger charge is 2.29. The highest BCUT2D eigenvalue weighted by molar-refractivity contribution is 9.11. The van der Waals surface area contributed by atoms with Crippen LogP contribution in [0.4, 0.5) is 5.82 Å². The Morgan fingerprint density at radius 2 is 1.86 bits per heavy atom. The van der Waals surface area contributed by atoms with Gasteiger partial charge in [-0.15, -0.1) is 0 Å². The van der Waals surface area contributed by atoms with Crippen molar-refractivity contribution in [2.45, 2.75) is 25.8 Å². The lowest BCUT2D eigenvalue weighted by Gasteiger charge is -2.27. The number of nitrogens with zero attached hydrogens (tertiary/aromatic N) is 3. The summed E-state index contributed by atoms with van der Waals surface area (Å²) in [7, 11) is 0. The van der Waals surface area contributed by atoms with Crippen LogP contribution in [-0.2, 0) is 0 Å². The average Bonchev–Trinajstić information content (AvgIpc) is 2.93. The van der Waals surface area contributed by atoms with E-state index in [1.54, 1.807) is 0 Å². The summed E-state index contributed by atoms with van der Waals surface area (Å²) in [5.41, 5.74) is 2.58. The second-order valence-electron chi connectivity index (χ2n) is 5.18. The lowest BCUT2D eigenvalue weighted by molar-refractivity contribution is 0.707. The van der Waals surface area contributed by atoms with Gasteiger partial charge in [0.15, 0.2) is 11.0 Å². The first kappa shape index (κ1) is 15.3. The third-order valence-corrected chi connectivity index (χ3v) is 5.32. The molecule has 2 heterocycles. The molecular formula is C15H14Br2ClN3. The Morgan fingerprint density at radius 3 is 2.57 bits per heavy atom. The summed E-state index contributed by atoms with van der Waals surface area (Å²) in [6.45, 7) is 3.07. The van der Waals surface area contributed by atoms with Crippen LogP contribution in [0.2, 0.25) is 5.15 Å². The van der Waals surface area contributed by atoms with Gasteiger partial charge in [0.2, 0.25) is 0 Å². The highest BCUT2D eigenvalue weighted by atomic mass is 79.9. The van der Waals surface area contributed by atoms with Crippen LogP contribution in [0.3, 0.4) is 0 Å². The Morgan fingerprint density at radius 1 is 1.14 bits per heavy atom. The van der Waals surface area contributed by atoms with Crippen LogP contribution in [0.5, 0.6) is 0 Å². The lowest BCUT2D eigenvalue weighted by atomic mass is 10.0. The maximum Gasteiger partial charge on any atom is 0.164 e. The second kappa shape index (κ2) is 6.23. The van der Waals surface area contributed by atoms with Crippen molar-refractivity contribution in [3.63, 3.8) is 0 Å². The molecule has 1 saturated heterocycles. The van der Waals surface area contributed by atoms with E-state index in [1.165, 1.54) is 11.1 Å². The molecule has 1 aliphatic heterocycles. The maximum atomic E-state index is 6.11. The van der Waals surface area contributed by atoms with Crippen molar-refractivity contribution in [1.29, 1.82) is 0 Å². The summed E-state index contributed by atoms with van der Waals surface area (Å²) in [6.07, 6.45) is 2.26. The fourth-order valence-corrected chi connectivity index (χ4v) is 3.83. The summed E-state index contributed by atoms with van der Waals surface area (Å²) in [5.74, 6) is 0.811. The molecule has 1 aromatic carbocycles. The Hall–Kier alpha value is -0.650. The third-order valence-electron chi connectivity index (χ3n) is 3.74. The summed E-state index contributed by atoms with van der Waals surface area (Å²) in [6, 6.07) is 9.02. The second-order valence-corrected chi connectivity index (χ2v) is 7.04. The minimum Gasteiger partial charge on any atom is -0.347 e. The fraction of sp³-hybridized carbons (Fsp3) is 0.333. The smallest absolute Gasteiger partial charge is 0.164 e. The highest BCUT2D eigenvalue weighted by Crippen LogP contribution is 2.39. The summed E-state index contributed by atoms with van der Waals surface area (Å²) < 4.78 is 1.28. The van der Waals surface area contributed by atoms with E-state index in [0.717, 1.165) is 29.8 Å². The molecule has 0 N–H and O–H groups in total. The standard InChI is InChI=1S/C15H14Br2ClN3/c1-9-4-6-10(7-5-9)11-3-2-8-21(11)15-13(17)19-12(16)14(18)20-15/h4-7,11H,2-3,8H2,1H3. The van der Waals surface area contributed by atoms with Crippen LogP contribution in [0.15, 0.2) is 33.5 Å². The Kier molecular flexibility index (Phi) is 4.52. The number of halogens is 3. The van der Waals surface area contributed by atoms with Gasteiger partial charge in [-0.25, -0.2) is 9.97 Å². The molecule has 2 aromatic rings. The molecule has 1 atom stereocenters. The molecule has 21 heavy (non-hydrogen) atoms. The van der Waals surface area contributed by atoms with Crippen molar-refractivity contribution >= 4 is 49.3 Å². The quantitative estimate of drug-likeness (QED) is 0.646. The summed E-state index contributed by atoms with van der Waals surface area (Å²) >= 11 is 12.9. The van der Waals surface area contributed by atoms with Crippen LogP contribution >= 0.6 is 43.5 Å². The first-order valence-corrected chi connectivity index (χ1v) is 8.74. The Labute approximate surface area is 146 Å². The molecule has 0 spiro atoms. The number of rotatable bonds is 2. The van der Waals surface area contributed by atoms with Crippen molar-refractivity contribution in [3.05, 3.63) is 49.8 Å². The molecular weight excluding hydrogens is 417 g/mol. The molecule has 3 rings (SSSR count). The first-order valence-electron chi connectivity index (χ1n) is 6.78. The zero-order valence-corrected chi connectivity index (χ0v) is 15.4. The molecule has 3 nitrogen and oxygen atoms in total. The zero-order chi connectivity index (χ0) is 15.0. The number of aromatic nitrogens is 2. The van der Waals surface area contributed by atoms with Crippen molar-refractivity contribution in [1.82, 2.24) is 9.97 Å². The molecule has 0 amide bonds. The SMILES string of the molecule is Cc1ccc(C2CCCN2c2nc(Cl)c(Br)nc2Br)cc1. The minimum atomic E-state index is 0.327. The van der Waals surface area contributed by atoms with E-state index < -0.39 is 0 Å². The van der Waals surface area contributed by atoms with Crippen LogP contribution in [0.1, 0.15) is 30.0 Å². The third kappa shape index (κ3) is 3.10. The van der Waals surface area contributed by atoms with Gasteiger partial charge in [0.1, 0.15) is 9.21 Å². The molecule has 0 radical (unpaired) electrons. The predicted molar refractivity (Wildman–Crippen MR) is 92.9 cm³/mol. The van der Waals surface area contributed by atoms with E-state index in [-0.39, 0.29) is 0 Å². The first-order chi connectivity index (χ1) is 10.1. The molecule has 1 aromatic heterocycles. The van der Waals surface area contributed by atoms with Crippen molar-refractivity contribution in [3.8, 4) is 0 Å². The number of aryl methyl sites for hydroxylation is 1. The van der Waals surface area contributed by atoms with Gasteiger partial charge in [0.05, 0.1) is 6.04 Å². The number of anilines is 1. The monoisotopic (exact) mass is 429 g/mol. The van der Waals surface area contributed by atoms with Gasteiger partial charge in [-0.05, 0) is 57.2 Å². The van der Waals surface area contributed by atoms with Crippen LogP contribution in [-0.4, -0.2) is 16.5 Å². The molecule has 6 heteroatoms. The molecule has 1 aliphatic rings. The summed E-state index contributed by atoms with van der Waals surface area (Å²) in [5, 5.41) is 0.391. The van der Waals surface area contributed by atoms with Gasteiger partial charge in [0, 0.05) is 6.54 Å². The van der Waals surface area contributed by atoms with Gasteiger partial charge < -0.3 is 4.90 Å². The van der Waals surface area contributed by atoms with Crippen LogP contribution in [0, 0.1) is 6.92 Å². The number of hydrogen-bond acceptors (Lipinski definition) is 3. The van der Waals surface area contributed by atoms with Crippen molar-refractivity contribution < 1.29 is 0 Å². The van der Waals surface area contributed by atoms with Crippen LogP contribution < -0.4 is 4.90 Å². The predicted octanol–water partition coefficient (Wildman–Crippen LogP) is 5.30. The zero-order valence-electron chi connectivity index (χ0n) is 11.5. The fourth-order valence-electron chi connectivity index (χ4n) is 2.71.